The Morgan fingerprint density at radius 3 is 2.44 bits per heavy atom. The van der Waals surface area contributed by atoms with E-state index in [-0.39, 0.29) is 0 Å². The zero-order valence-electron chi connectivity index (χ0n) is 10.3. The fraction of sp³-hybridized carbons (Fsp3) is 0.556. The highest BCUT2D eigenvalue weighted by atomic mass is 32.2. The molecule has 0 saturated carbocycles. The van der Waals surface area contributed by atoms with Crippen LogP contribution in [-0.2, 0) is 21.8 Å². The number of hydrogen-bond acceptors (Lipinski definition) is 5. The number of rotatable bonds is 4. The summed E-state index contributed by atoms with van der Waals surface area (Å²) in [5.74, 6) is 0. The van der Waals surface area contributed by atoms with Crippen LogP contribution in [0, 0.1) is 0 Å². The Balaban J connectivity index is 3.27. The lowest BCUT2D eigenvalue weighted by Gasteiger charge is -2.30. The maximum atomic E-state index is 11.7. The van der Waals surface area contributed by atoms with E-state index < -0.39 is 27.0 Å². The van der Waals surface area contributed by atoms with Gasteiger partial charge < -0.3 is 10.5 Å². The summed E-state index contributed by atoms with van der Waals surface area (Å²) in [7, 11) is -2.36. The highest BCUT2D eigenvalue weighted by Gasteiger charge is 2.42. The van der Waals surface area contributed by atoms with Crippen LogP contribution in [0.25, 0.3) is 0 Å². The van der Waals surface area contributed by atoms with Gasteiger partial charge in [0.2, 0.25) is 10.0 Å². The van der Waals surface area contributed by atoms with Gasteiger partial charge in [0.15, 0.2) is 0 Å². The number of aromatic nitrogens is 2. The van der Waals surface area contributed by atoms with E-state index in [9.17, 15) is 13.2 Å². The summed E-state index contributed by atoms with van der Waals surface area (Å²) < 4.78 is 29.6. The molecule has 1 rings (SSSR count). The summed E-state index contributed by atoms with van der Waals surface area (Å²) in [6.45, 7) is 2.83. The molecule has 0 aliphatic rings. The van der Waals surface area contributed by atoms with Crippen molar-refractivity contribution in [2.75, 3.05) is 0 Å². The van der Waals surface area contributed by atoms with E-state index in [2.05, 4.69) is 5.10 Å². The maximum absolute atomic E-state index is 11.7. The molecule has 9 heteroatoms. The summed E-state index contributed by atoms with van der Waals surface area (Å²) in [4.78, 5) is 10.8. The Labute approximate surface area is 105 Å². The molecule has 0 spiro atoms. The zero-order valence-corrected chi connectivity index (χ0v) is 11.1. The summed E-state index contributed by atoms with van der Waals surface area (Å²) in [5, 5.41) is 7.81. The first kappa shape index (κ1) is 14.5. The number of nitrogens with two attached hydrogens (primary N) is 2. The van der Waals surface area contributed by atoms with Gasteiger partial charge >= 0.3 is 6.09 Å². The molecule has 0 radical (unpaired) electrons. The number of primary sulfonamides is 1. The molecule has 0 fully saturated rings. The van der Waals surface area contributed by atoms with Crippen LogP contribution in [0.1, 0.15) is 24.7 Å². The molecular weight excluding hydrogens is 260 g/mol. The Kier molecular flexibility index (Phi) is 3.67. The second kappa shape index (κ2) is 4.58. The van der Waals surface area contributed by atoms with Crippen molar-refractivity contribution in [3.63, 3.8) is 0 Å². The highest BCUT2D eigenvalue weighted by molar-refractivity contribution is 7.89. The molecule has 0 aromatic carbocycles. The number of carbonyl (C=O) groups excluding carboxylic acids is 1. The minimum absolute atomic E-state index is 0.325. The van der Waals surface area contributed by atoms with Crippen molar-refractivity contribution >= 4 is 16.1 Å². The molecule has 102 valence electrons. The standard InChI is InChI=1S/C9H16N4O4S/c1-9(2,17-8(10)14)7(18(11,15)16)6-4-12-13(3)5-6/h4-5,7H,1-3H3,(H2,10,14)(H2,11,15,16). The van der Waals surface area contributed by atoms with Gasteiger partial charge in [-0.3, -0.25) is 4.68 Å². The monoisotopic (exact) mass is 276 g/mol. The Morgan fingerprint density at radius 1 is 1.56 bits per heavy atom. The first-order valence-corrected chi connectivity index (χ1v) is 6.63. The highest BCUT2D eigenvalue weighted by Crippen LogP contribution is 2.34. The largest absolute Gasteiger partial charge is 0.442 e. The number of primary amides is 1. The molecule has 0 saturated heterocycles. The molecule has 1 atom stereocenters. The van der Waals surface area contributed by atoms with Crippen molar-refractivity contribution in [3.8, 4) is 0 Å². The summed E-state index contributed by atoms with van der Waals surface area (Å²) in [6.07, 6.45) is 1.76. The third-order valence-electron chi connectivity index (χ3n) is 2.35. The summed E-state index contributed by atoms with van der Waals surface area (Å²) in [5.41, 5.74) is 3.85. The maximum Gasteiger partial charge on any atom is 0.405 e. The minimum Gasteiger partial charge on any atom is -0.442 e. The van der Waals surface area contributed by atoms with Crippen LogP contribution in [0.5, 0.6) is 0 Å². The van der Waals surface area contributed by atoms with Crippen molar-refractivity contribution in [1.82, 2.24) is 9.78 Å². The zero-order chi connectivity index (χ0) is 14.1. The number of aryl methyl sites for hydroxylation is 1. The van der Waals surface area contributed by atoms with E-state index >= 15 is 0 Å². The van der Waals surface area contributed by atoms with Crippen molar-refractivity contribution in [3.05, 3.63) is 18.0 Å². The smallest absolute Gasteiger partial charge is 0.405 e. The van der Waals surface area contributed by atoms with Crippen LogP contribution in [0.15, 0.2) is 12.4 Å². The molecule has 1 aromatic heterocycles. The van der Waals surface area contributed by atoms with Gasteiger partial charge in [0.05, 0.1) is 6.20 Å². The van der Waals surface area contributed by atoms with Gasteiger partial charge in [0.25, 0.3) is 0 Å². The third-order valence-corrected chi connectivity index (χ3v) is 3.85. The summed E-state index contributed by atoms with van der Waals surface area (Å²) >= 11 is 0. The van der Waals surface area contributed by atoms with E-state index in [0.717, 1.165) is 0 Å². The topological polar surface area (TPSA) is 130 Å². The molecule has 1 amide bonds. The van der Waals surface area contributed by atoms with E-state index in [1.54, 1.807) is 7.05 Å². The number of sulfonamides is 1. The molecule has 0 aliphatic heterocycles. The predicted octanol–water partition coefficient (Wildman–Crippen LogP) is -0.376. The molecule has 1 heterocycles. The van der Waals surface area contributed by atoms with Gasteiger partial charge in [-0.25, -0.2) is 18.4 Å². The lowest BCUT2D eigenvalue weighted by atomic mass is 10.00. The lowest BCUT2D eigenvalue weighted by molar-refractivity contribution is 0.0418. The average molecular weight is 276 g/mol. The second-order valence-electron chi connectivity index (χ2n) is 4.44. The molecule has 1 aromatic rings. The van der Waals surface area contributed by atoms with Gasteiger partial charge in [-0.1, -0.05) is 0 Å². The first-order valence-electron chi connectivity index (χ1n) is 5.02. The van der Waals surface area contributed by atoms with E-state index in [4.69, 9.17) is 15.6 Å². The van der Waals surface area contributed by atoms with Gasteiger partial charge in [-0.2, -0.15) is 5.10 Å². The molecule has 0 aliphatic carbocycles. The molecular formula is C9H16N4O4S. The third kappa shape index (κ3) is 3.20. The molecule has 1 unspecified atom stereocenters. The van der Waals surface area contributed by atoms with Crippen LogP contribution >= 0.6 is 0 Å². The fourth-order valence-corrected chi connectivity index (χ4v) is 3.22. The van der Waals surface area contributed by atoms with Gasteiger partial charge in [0.1, 0.15) is 10.9 Å². The van der Waals surface area contributed by atoms with Crippen molar-refractivity contribution in [2.45, 2.75) is 24.7 Å². The average Bonchev–Trinajstić information content (AvgIpc) is 2.45. The number of ether oxygens (including phenoxy) is 1. The molecule has 8 nitrogen and oxygen atoms in total. The van der Waals surface area contributed by atoms with Gasteiger partial charge in [-0.15, -0.1) is 0 Å². The Morgan fingerprint density at radius 2 is 2.11 bits per heavy atom. The van der Waals surface area contributed by atoms with Crippen LogP contribution in [0.3, 0.4) is 0 Å². The van der Waals surface area contributed by atoms with E-state index in [1.165, 1.54) is 30.9 Å². The second-order valence-corrected chi connectivity index (χ2v) is 6.09. The Bertz CT molecular complexity index is 549. The van der Waals surface area contributed by atoms with Crippen molar-refractivity contribution in [1.29, 1.82) is 0 Å². The van der Waals surface area contributed by atoms with Crippen LogP contribution in [-0.4, -0.2) is 29.9 Å². The van der Waals surface area contributed by atoms with Gasteiger partial charge in [-0.05, 0) is 13.8 Å². The molecule has 0 bridgehead atoms. The molecule has 18 heavy (non-hydrogen) atoms. The van der Waals surface area contributed by atoms with E-state index in [1.807, 2.05) is 0 Å². The van der Waals surface area contributed by atoms with Crippen molar-refractivity contribution in [2.24, 2.45) is 17.9 Å². The quantitative estimate of drug-likeness (QED) is 0.774. The number of nitrogens with zero attached hydrogens (tertiary/aromatic N) is 2. The first-order chi connectivity index (χ1) is 8.04. The SMILES string of the molecule is Cn1cc(C(C(C)(C)OC(N)=O)S(N)(=O)=O)cn1. The molecule has 4 N–H and O–H groups in total. The predicted molar refractivity (Wildman–Crippen MR) is 63.8 cm³/mol. The lowest BCUT2D eigenvalue weighted by Crippen LogP contribution is -2.43. The Hall–Kier alpha value is -1.61. The van der Waals surface area contributed by atoms with Crippen molar-refractivity contribution < 1.29 is 17.9 Å². The fourth-order valence-electron chi connectivity index (χ4n) is 1.87. The van der Waals surface area contributed by atoms with Crippen LogP contribution < -0.4 is 10.9 Å². The summed E-state index contributed by atoms with van der Waals surface area (Å²) in [6, 6.07) is 0. The number of carbonyl (C=O) groups is 1. The van der Waals surface area contributed by atoms with E-state index in [0.29, 0.717) is 5.56 Å². The van der Waals surface area contributed by atoms with Crippen LogP contribution in [0.2, 0.25) is 0 Å². The van der Waals surface area contributed by atoms with Gasteiger partial charge in [0, 0.05) is 18.8 Å². The number of hydrogen-bond donors (Lipinski definition) is 2. The van der Waals surface area contributed by atoms with Crippen LogP contribution in [0.4, 0.5) is 4.79 Å². The normalized spacial score (nSPS) is 14.2. The minimum atomic E-state index is -3.99. The number of amides is 1.